The van der Waals surface area contributed by atoms with Gasteiger partial charge in [0.2, 0.25) is 0 Å². The van der Waals surface area contributed by atoms with E-state index in [9.17, 15) is 4.79 Å². The lowest BCUT2D eigenvalue weighted by Crippen LogP contribution is -2.43. The maximum absolute atomic E-state index is 12.4. The largest absolute Gasteiger partial charge is 0.380 e. The molecule has 98 valence electrons. The van der Waals surface area contributed by atoms with Crippen molar-refractivity contribution in [3.63, 3.8) is 0 Å². The highest BCUT2D eigenvalue weighted by atomic mass is 79.9. The predicted molar refractivity (Wildman–Crippen MR) is 72.9 cm³/mol. The van der Waals surface area contributed by atoms with Crippen molar-refractivity contribution in [2.24, 2.45) is 0 Å². The lowest BCUT2D eigenvalue weighted by Gasteiger charge is -2.32. The van der Waals surface area contributed by atoms with Gasteiger partial charge in [0.05, 0.1) is 11.7 Å². The number of halogens is 2. The van der Waals surface area contributed by atoms with Gasteiger partial charge in [0.15, 0.2) is 0 Å². The van der Waals surface area contributed by atoms with E-state index in [2.05, 4.69) is 20.9 Å². The first kappa shape index (κ1) is 13.8. The molecule has 0 aromatic carbocycles. The predicted octanol–water partition coefficient (Wildman–Crippen LogP) is 2.75. The van der Waals surface area contributed by atoms with E-state index in [1.54, 1.807) is 24.3 Å². The van der Waals surface area contributed by atoms with Gasteiger partial charge in [0.1, 0.15) is 5.15 Å². The SMILES string of the molecule is COC1CCCN(C(=O)c2cc(Br)cnc2Cl)C1. The van der Waals surface area contributed by atoms with Gasteiger partial charge >= 0.3 is 0 Å². The van der Waals surface area contributed by atoms with Crippen molar-refractivity contribution in [3.8, 4) is 0 Å². The van der Waals surface area contributed by atoms with Crippen molar-refractivity contribution in [1.29, 1.82) is 0 Å². The van der Waals surface area contributed by atoms with Crippen LogP contribution in [0.1, 0.15) is 23.2 Å². The molecule has 0 bridgehead atoms. The Labute approximate surface area is 119 Å². The minimum atomic E-state index is -0.0875. The molecule has 0 aliphatic carbocycles. The summed E-state index contributed by atoms with van der Waals surface area (Å²) in [5.74, 6) is -0.0875. The molecular weight excluding hydrogens is 320 g/mol. The first-order valence-corrected chi connectivity index (χ1v) is 6.92. The van der Waals surface area contributed by atoms with Crippen LogP contribution in [0.15, 0.2) is 16.7 Å². The number of ether oxygens (including phenoxy) is 1. The summed E-state index contributed by atoms with van der Waals surface area (Å²) < 4.78 is 6.06. The Morgan fingerprint density at radius 3 is 3.17 bits per heavy atom. The Hall–Kier alpha value is -0.650. The molecule has 1 atom stereocenters. The van der Waals surface area contributed by atoms with E-state index >= 15 is 0 Å². The second kappa shape index (κ2) is 5.99. The Bertz CT molecular complexity index is 456. The van der Waals surface area contributed by atoms with E-state index in [1.165, 1.54) is 0 Å². The van der Waals surface area contributed by atoms with Crippen molar-refractivity contribution < 1.29 is 9.53 Å². The van der Waals surface area contributed by atoms with Crippen LogP contribution in [-0.4, -0.2) is 42.1 Å². The Morgan fingerprint density at radius 2 is 2.44 bits per heavy atom. The van der Waals surface area contributed by atoms with Gasteiger partial charge in [-0.15, -0.1) is 0 Å². The average molecular weight is 334 g/mol. The van der Waals surface area contributed by atoms with E-state index in [0.29, 0.717) is 12.1 Å². The standard InChI is InChI=1S/C12H14BrClN2O2/c1-18-9-3-2-4-16(7-9)12(17)10-5-8(13)6-15-11(10)14/h5-6,9H,2-4,7H2,1H3. The highest BCUT2D eigenvalue weighted by molar-refractivity contribution is 9.10. The number of rotatable bonds is 2. The molecule has 1 amide bonds. The van der Waals surface area contributed by atoms with Gasteiger partial charge in [-0.25, -0.2) is 4.98 Å². The molecule has 1 saturated heterocycles. The van der Waals surface area contributed by atoms with Crippen molar-refractivity contribution in [2.75, 3.05) is 20.2 Å². The molecule has 1 aromatic heterocycles. The second-order valence-electron chi connectivity index (χ2n) is 4.24. The summed E-state index contributed by atoms with van der Waals surface area (Å²) in [7, 11) is 1.67. The quantitative estimate of drug-likeness (QED) is 0.782. The van der Waals surface area contributed by atoms with Crippen molar-refractivity contribution in [3.05, 3.63) is 27.5 Å². The van der Waals surface area contributed by atoms with Crippen molar-refractivity contribution in [2.45, 2.75) is 18.9 Å². The van der Waals surface area contributed by atoms with Crippen LogP contribution in [0.3, 0.4) is 0 Å². The Morgan fingerprint density at radius 1 is 1.67 bits per heavy atom. The molecule has 1 aliphatic rings. The molecule has 4 nitrogen and oxygen atoms in total. The smallest absolute Gasteiger partial charge is 0.257 e. The number of pyridine rings is 1. The fourth-order valence-electron chi connectivity index (χ4n) is 2.06. The highest BCUT2D eigenvalue weighted by Gasteiger charge is 2.25. The van der Waals surface area contributed by atoms with Crippen LogP contribution in [0.2, 0.25) is 5.15 Å². The number of nitrogens with zero attached hydrogens (tertiary/aromatic N) is 2. The van der Waals surface area contributed by atoms with Gasteiger partial charge in [-0.05, 0) is 34.8 Å². The number of amides is 1. The van der Waals surface area contributed by atoms with Crippen LogP contribution in [0, 0.1) is 0 Å². The Kier molecular flexibility index (Phi) is 4.59. The maximum Gasteiger partial charge on any atom is 0.257 e. The van der Waals surface area contributed by atoms with E-state index in [1.807, 2.05) is 0 Å². The number of hydrogen-bond acceptors (Lipinski definition) is 3. The maximum atomic E-state index is 12.4. The minimum absolute atomic E-state index is 0.0875. The molecule has 1 unspecified atom stereocenters. The van der Waals surface area contributed by atoms with Crippen LogP contribution >= 0.6 is 27.5 Å². The van der Waals surface area contributed by atoms with E-state index in [-0.39, 0.29) is 17.2 Å². The summed E-state index contributed by atoms with van der Waals surface area (Å²) >= 11 is 9.27. The van der Waals surface area contributed by atoms with Crippen LogP contribution < -0.4 is 0 Å². The van der Waals surface area contributed by atoms with E-state index in [4.69, 9.17) is 16.3 Å². The first-order valence-electron chi connectivity index (χ1n) is 5.75. The van der Waals surface area contributed by atoms with Crippen LogP contribution in [0.5, 0.6) is 0 Å². The van der Waals surface area contributed by atoms with Gasteiger partial charge < -0.3 is 9.64 Å². The summed E-state index contributed by atoms with van der Waals surface area (Å²) in [6.45, 7) is 1.35. The van der Waals surface area contributed by atoms with Crippen molar-refractivity contribution in [1.82, 2.24) is 9.88 Å². The lowest BCUT2D eigenvalue weighted by molar-refractivity contribution is 0.0269. The summed E-state index contributed by atoms with van der Waals surface area (Å²) in [4.78, 5) is 18.1. The zero-order valence-corrected chi connectivity index (χ0v) is 12.4. The third-order valence-corrected chi connectivity index (χ3v) is 3.77. The summed E-state index contributed by atoms with van der Waals surface area (Å²) in [6, 6.07) is 1.70. The first-order chi connectivity index (χ1) is 8.61. The third-order valence-electron chi connectivity index (χ3n) is 3.03. The second-order valence-corrected chi connectivity index (χ2v) is 5.52. The van der Waals surface area contributed by atoms with Crippen LogP contribution in [0.25, 0.3) is 0 Å². The topological polar surface area (TPSA) is 42.4 Å². The number of piperidine rings is 1. The normalized spacial score (nSPS) is 19.9. The zero-order chi connectivity index (χ0) is 13.1. The molecule has 0 radical (unpaired) electrons. The lowest BCUT2D eigenvalue weighted by atomic mass is 10.1. The monoisotopic (exact) mass is 332 g/mol. The minimum Gasteiger partial charge on any atom is -0.380 e. The molecule has 18 heavy (non-hydrogen) atoms. The number of aromatic nitrogens is 1. The highest BCUT2D eigenvalue weighted by Crippen LogP contribution is 2.22. The number of carbonyl (C=O) groups excluding carboxylic acids is 1. The summed E-state index contributed by atoms with van der Waals surface area (Å²) in [5.41, 5.74) is 0.433. The molecular formula is C12H14BrClN2O2. The van der Waals surface area contributed by atoms with E-state index in [0.717, 1.165) is 23.9 Å². The van der Waals surface area contributed by atoms with Crippen LogP contribution in [0.4, 0.5) is 0 Å². The molecule has 2 rings (SSSR count). The summed E-state index contributed by atoms with van der Waals surface area (Å²) in [6.07, 6.45) is 3.63. The molecule has 0 saturated carbocycles. The number of likely N-dealkylation sites (tertiary alicyclic amines) is 1. The molecule has 2 heterocycles. The Balaban J connectivity index is 2.17. The van der Waals surface area contributed by atoms with Gasteiger partial charge in [0.25, 0.3) is 5.91 Å². The van der Waals surface area contributed by atoms with Gasteiger partial charge in [0, 0.05) is 30.9 Å². The number of hydrogen-bond donors (Lipinski definition) is 0. The molecule has 0 N–H and O–H groups in total. The fourth-order valence-corrected chi connectivity index (χ4v) is 2.57. The number of methoxy groups -OCH3 is 1. The van der Waals surface area contributed by atoms with Crippen LogP contribution in [-0.2, 0) is 4.74 Å². The van der Waals surface area contributed by atoms with E-state index < -0.39 is 0 Å². The number of carbonyl (C=O) groups is 1. The molecule has 0 spiro atoms. The molecule has 6 heteroatoms. The van der Waals surface area contributed by atoms with Gasteiger partial charge in [-0.2, -0.15) is 0 Å². The third kappa shape index (κ3) is 3.02. The van der Waals surface area contributed by atoms with Gasteiger partial charge in [-0.3, -0.25) is 4.79 Å². The summed E-state index contributed by atoms with van der Waals surface area (Å²) in [5, 5.41) is 0.239. The van der Waals surface area contributed by atoms with Gasteiger partial charge in [-0.1, -0.05) is 11.6 Å². The fraction of sp³-hybridized carbons (Fsp3) is 0.500. The molecule has 1 aromatic rings. The average Bonchev–Trinajstić information content (AvgIpc) is 2.41. The zero-order valence-electron chi connectivity index (χ0n) is 10.0. The molecule has 1 aliphatic heterocycles. The van der Waals surface area contributed by atoms with Crippen molar-refractivity contribution >= 4 is 33.4 Å². The molecule has 1 fully saturated rings.